The third-order valence-corrected chi connectivity index (χ3v) is 15.7. The number of fused-ring (bicyclic) bond motifs is 5. The van der Waals surface area contributed by atoms with Crippen molar-refractivity contribution in [3.63, 3.8) is 0 Å². The number of hydrogen-bond acceptors (Lipinski definition) is 12. The molecule has 1 amide bonds. The normalized spacial score (nSPS) is 31.9. The van der Waals surface area contributed by atoms with E-state index in [9.17, 15) is 28.8 Å². The van der Waals surface area contributed by atoms with E-state index >= 15 is 0 Å². The van der Waals surface area contributed by atoms with Gasteiger partial charge in [-0.25, -0.2) is 4.79 Å². The molecule has 0 bridgehead atoms. The smallest absolute Gasteiger partial charge is 0.407 e. The van der Waals surface area contributed by atoms with Crippen molar-refractivity contribution in [2.75, 3.05) is 20.3 Å². The lowest BCUT2D eigenvalue weighted by molar-refractivity contribution is -0.219. The van der Waals surface area contributed by atoms with E-state index in [0.29, 0.717) is 57.9 Å². The van der Waals surface area contributed by atoms with Crippen LogP contribution in [0.5, 0.6) is 0 Å². The van der Waals surface area contributed by atoms with E-state index in [-0.39, 0.29) is 73.1 Å². The minimum absolute atomic E-state index is 0.0188. The zero-order valence-electron chi connectivity index (χ0n) is 38.7. The molecule has 62 heavy (non-hydrogen) atoms. The van der Waals surface area contributed by atoms with E-state index < -0.39 is 52.6 Å². The molecule has 0 heterocycles. The van der Waals surface area contributed by atoms with Crippen molar-refractivity contribution < 1.29 is 57.2 Å². The first-order valence-corrected chi connectivity index (χ1v) is 23.1. The van der Waals surface area contributed by atoms with Gasteiger partial charge in [0.1, 0.15) is 17.8 Å². The fourth-order valence-corrected chi connectivity index (χ4v) is 12.6. The second kappa shape index (κ2) is 20.6. The molecule has 1 aromatic rings. The largest absolute Gasteiger partial charge is 0.469 e. The van der Waals surface area contributed by atoms with Gasteiger partial charge in [0.2, 0.25) is 0 Å². The molecule has 1 N–H and O–H groups in total. The van der Waals surface area contributed by atoms with Crippen LogP contribution in [0.4, 0.5) is 4.79 Å². The molecule has 0 spiro atoms. The molecule has 4 saturated carbocycles. The molecule has 4 aliphatic carbocycles. The van der Waals surface area contributed by atoms with Gasteiger partial charge in [-0.15, -0.1) is 0 Å². The number of carbonyl (C=O) groups is 6. The predicted molar refractivity (Wildman–Crippen MR) is 230 cm³/mol. The lowest BCUT2D eigenvalue weighted by Crippen LogP contribution is -2.64. The van der Waals surface area contributed by atoms with Gasteiger partial charge in [0.15, 0.2) is 5.92 Å². The minimum atomic E-state index is -1.26. The Balaban J connectivity index is 1.57. The fourth-order valence-electron chi connectivity index (χ4n) is 12.6. The van der Waals surface area contributed by atoms with Gasteiger partial charge in [-0.1, -0.05) is 71.7 Å². The second-order valence-corrected chi connectivity index (χ2v) is 20.2. The van der Waals surface area contributed by atoms with Crippen LogP contribution >= 0.6 is 0 Å². The maximum atomic E-state index is 14.5. The Morgan fingerprint density at radius 3 is 2.06 bits per heavy atom. The number of carbonyl (C=O) groups excluding carboxylic acids is 6. The number of unbranched alkanes of at least 4 members (excludes halogenated alkanes) is 2. The van der Waals surface area contributed by atoms with Gasteiger partial charge in [-0.3, -0.25) is 24.0 Å². The van der Waals surface area contributed by atoms with Crippen molar-refractivity contribution in [2.45, 2.75) is 162 Å². The molecule has 13 nitrogen and oxygen atoms in total. The molecule has 0 aromatic heterocycles. The number of ether oxygens (including phenoxy) is 6. The highest BCUT2D eigenvalue weighted by atomic mass is 16.6. The number of amides is 1. The summed E-state index contributed by atoms with van der Waals surface area (Å²) in [7, 11) is 1.39. The average Bonchev–Trinajstić information content (AvgIpc) is 3.59. The van der Waals surface area contributed by atoms with Crippen LogP contribution in [0, 0.1) is 52.3 Å². The first-order valence-electron chi connectivity index (χ1n) is 23.1. The minimum Gasteiger partial charge on any atom is -0.469 e. The zero-order valence-corrected chi connectivity index (χ0v) is 38.7. The van der Waals surface area contributed by atoms with Crippen LogP contribution in [0.1, 0.15) is 144 Å². The number of esters is 3. The number of benzene rings is 1. The summed E-state index contributed by atoms with van der Waals surface area (Å²) >= 11 is 0. The summed E-state index contributed by atoms with van der Waals surface area (Å²) in [6.07, 6.45) is 6.00. The van der Waals surface area contributed by atoms with Gasteiger partial charge in [0.25, 0.3) is 12.9 Å². The molecular formula is C49H73NO12. The van der Waals surface area contributed by atoms with E-state index in [0.717, 1.165) is 36.8 Å². The van der Waals surface area contributed by atoms with E-state index in [4.69, 9.17) is 28.4 Å². The number of methoxy groups -OCH3 is 1. The monoisotopic (exact) mass is 868 g/mol. The third kappa shape index (κ3) is 10.1. The lowest BCUT2D eigenvalue weighted by Gasteiger charge is -2.65. The Labute approximate surface area is 368 Å². The fraction of sp³-hybridized carbons (Fsp3) is 0.755. The Kier molecular flexibility index (Phi) is 16.2. The Hall–Kier alpha value is -4.16. The summed E-state index contributed by atoms with van der Waals surface area (Å²) in [4.78, 5) is 78.7. The topological polar surface area (TPSA) is 170 Å². The van der Waals surface area contributed by atoms with Gasteiger partial charge < -0.3 is 33.7 Å². The molecule has 0 radical (unpaired) electrons. The molecule has 1 aromatic carbocycles. The van der Waals surface area contributed by atoms with Gasteiger partial charge in [0.05, 0.1) is 20.3 Å². The third-order valence-electron chi connectivity index (χ3n) is 15.7. The SMILES string of the molecule is CCCCOC(=O)C(C(=O)OCCCC)[C@@]1(c2ccc(CNC(=O)OC(C)(C)C)cc2)CC[C@@]2(C)[C@H](C[C@@H](OC=O)[C@@H]3[C@@H]2C[C@H](OC=O)[C@]2(C)[C@@H]([C@H](C)CC(=O)OC)CC[C@@H]32)C1. The molecule has 4 aliphatic rings. The highest BCUT2D eigenvalue weighted by Gasteiger charge is 2.69. The average molecular weight is 868 g/mol. The van der Waals surface area contributed by atoms with Crippen molar-refractivity contribution in [1.82, 2.24) is 5.32 Å². The van der Waals surface area contributed by atoms with E-state index in [1.807, 2.05) is 38.1 Å². The molecular weight excluding hydrogens is 795 g/mol. The molecule has 0 saturated heterocycles. The van der Waals surface area contributed by atoms with Gasteiger partial charge in [-0.2, -0.15) is 0 Å². The number of nitrogens with one attached hydrogen (secondary N) is 1. The number of alkyl carbamates (subject to hydrolysis) is 1. The van der Waals surface area contributed by atoms with Crippen LogP contribution < -0.4 is 5.32 Å². The van der Waals surface area contributed by atoms with Crippen molar-refractivity contribution in [3.8, 4) is 0 Å². The number of hydrogen-bond donors (Lipinski definition) is 1. The highest BCUT2D eigenvalue weighted by molar-refractivity contribution is 5.97. The van der Waals surface area contributed by atoms with Crippen LogP contribution in [-0.4, -0.2) is 75.1 Å². The summed E-state index contributed by atoms with van der Waals surface area (Å²) in [5, 5.41) is 2.81. The van der Waals surface area contributed by atoms with E-state index in [2.05, 4.69) is 26.1 Å². The van der Waals surface area contributed by atoms with Crippen LogP contribution in [0.25, 0.3) is 0 Å². The Morgan fingerprint density at radius 2 is 1.50 bits per heavy atom. The summed E-state index contributed by atoms with van der Waals surface area (Å²) in [5.74, 6) is -2.85. The van der Waals surface area contributed by atoms with Crippen molar-refractivity contribution in [1.29, 1.82) is 0 Å². The van der Waals surface area contributed by atoms with Crippen LogP contribution in [0.3, 0.4) is 0 Å². The van der Waals surface area contributed by atoms with E-state index in [1.165, 1.54) is 7.11 Å². The quantitative estimate of drug-likeness (QED) is 0.0464. The lowest BCUT2D eigenvalue weighted by atomic mass is 9.40. The maximum Gasteiger partial charge on any atom is 0.407 e. The summed E-state index contributed by atoms with van der Waals surface area (Å²) < 4.78 is 34.5. The molecule has 346 valence electrons. The van der Waals surface area contributed by atoms with Crippen LogP contribution in [0.15, 0.2) is 24.3 Å². The van der Waals surface area contributed by atoms with Crippen molar-refractivity contribution >= 4 is 36.9 Å². The molecule has 5 rings (SSSR count). The molecule has 11 atom stereocenters. The maximum absolute atomic E-state index is 14.5. The van der Waals surface area contributed by atoms with Gasteiger partial charge in [0, 0.05) is 29.7 Å². The summed E-state index contributed by atoms with van der Waals surface area (Å²) in [6, 6.07) is 7.69. The standard InChI is InChI=1S/C49H73NO12/c1-10-12-22-58-43(54)42(44(55)59-23-13-11-2)49(33-16-14-32(15-17-33)28-50-45(56)62-46(4,5)6)21-20-47(7)34(27-49)25-38(60-29-51)41-36-19-18-35(31(3)24-40(53)57-9)48(36,8)39(61-30-52)26-37(41)47/h14-17,29-31,34-39,41-42H,10-13,18-28H2,1-9H3,(H,50,56)/t31-,34-,35-,36+,37+,38-,39+,41+,47+,48-,49+/m1/s1. The van der Waals surface area contributed by atoms with Crippen LogP contribution in [0.2, 0.25) is 0 Å². The van der Waals surface area contributed by atoms with Crippen LogP contribution in [-0.2, 0) is 64.4 Å². The highest BCUT2D eigenvalue weighted by Crippen LogP contribution is 2.71. The molecule has 0 aliphatic heterocycles. The second-order valence-electron chi connectivity index (χ2n) is 20.2. The summed E-state index contributed by atoms with van der Waals surface area (Å²) in [5.41, 5.74) is -0.922. The van der Waals surface area contributed by atoms with Gasteiger partial charge in [-0.05, 0) is 125 Å². The molecule has 13 heteroatoms. The predicted octanol–water partition coefficient (Wildman–Crippen LogP) is 8.41. The van der Waals surface area contributed by atoms with E-state index in [1.54, 1.807) is 20.8 Å². The van der Waals surface area contributed by atoms with Crippen molar-refractivity contribution in [2.24, 2.45) is 52.3 Å². The summed E-state index contributed by atoms with van der Waals surface area (Å²) in [6.45, 7) is 17.6. The molecule has 0 unspecified atom stereocenters. The molecule has 4 fully saturated rings. The van der Waals surface area contributed by atoms with Gasteiger partial charge >= 0.3 is 24.0 Å². The Bertz CT molecular complexity index is 1700. The number of rotatable bonds is 19. The Morgan fingerprint density at radius 1 is 0.871 bits per heavy atom. The first kappa shape index (κ1) is 48.9. The first-order chi connectivity index (χ1) is 29.4. The zero-order chi connectivity index (χ0) is 45.5. The van der Waals surface area contributed by atoms with Crippen molar-refractivity contribution in [3.05, 3.63) is 35.4 Å².